The second kappa shape index (κ2) is 8.23. The van der Waals surface area contributed by atoms with Gasteiger partial charge in [-0.25, -0.2) is 0 Å². The number of benzene rings is 1. The minimum Gasteiger partial charge on any atom is -0.468 e. The molecule has 0 unspecified atom stereocenters. The zero-order valence-electron chi connectivity index (χ0n) is 12.1. The van der Waals surface area contributed by atoms with Gasteiger partial charge in [0.25, 0.3) is 0 Å². The van der Waals surface area contributed by atoms with Crippen molar-refractivity contribution in [3.63, 3.8) is 0 Å². The summed E-state index contributed by atoms with van der Waals surface area (Å²) < 4.78 is 12.3. The van der Waals surface area contributed by atoms with Crippen LogP contribution in [0.15, 0.2) is 33.5 Å². The van der Waals surface area contributed by atoms with E-state index in [1.165, 1.54) is 0 Å². The van der Waals surface area contributed by atoms with Crippen molar-refractivity contribution < 1.29 is 42.2 Å². The quantitative estimate of drug-likeness (QED) is 0.558. The number of halogens is 1. The van der Waals surface area contributed by atoms with Crippen LogP contribution in [0, 0.1) is 13.0 Å². The summed E-state index contributed by atoms with van der Waals surface area (Å²) in [5.74, 6) is 0.732. The first kappa shape index (κ1) is 18.6. The predicted molar refractivity (Wildman–Crippen MR) is 80.9 cm³/mol. The number of methoxy groups -OCH3 is 1. The molecule has 0 amide bonds. The van der Waals surface area contributed by atoms with E-state index in [2.05, 4.69) is 22.0 Å². The maximum absolute atomic E-state index is 11.9. The van der Waals surface area contributed by atoms with Crippen molar-refractivity contribution in [1.82, 2.24) is 4.57 Å². The van der Waals surface area contributed by atoms with Crippen molar-refractivity contribution in [3.8, 4) is 17.0 Å². The van der Waals surface area contributed by atoms with Crippen molar-refractivity contribution in [3.05, 3.63) is 50.7 Å². The SMILES string of the molecule is COCOc1ccc(-c2[c-]cc(Br)c(=O)n2C)c(C)c1.[Y]. The number of ether oxygens (including phenoxy) is 2. The van der Waals surface area contributed by atoms with E-state index in [0.29, 0.717) is 4.47 Å². The Morgan fingerprint density at radius 1 is 1.38 bits per heavy atom. The Hall–Kier alpha value is -0.486. The van der Waals surface area contributed by atoms with Crippen LogP contribution in [0.3, 0.4) is 0 Å². The van der Waals surface area contributed by atoms with Gasteiger partial charge < -0.3 is 14.0 Å². The first-order chi connectivity index (χ1) is 9.54. The maximum Gasteiger partial charge on any atom is 0.208 e. The van der Waals surface area contributed by atoms with Gasteiger partial charge in [0.15, 0.2) is 6.79 Å². The molecule has 2 rings (SSSR count). The fraction of sp³-hybridized carbons (Fsp3) is 0.267. The molecule has 1 radical (unpaired) electrons. The first-order valence-corrected chi connectivity index (χ1v) is 6.84. The van der Waals surface area contributed by atoms with Gasteiger partial charge in [0.1, 0.15) is 5.75 Å². The summed E-state index contributed by atoms with van der Waals surface area (Å²) in [5.41, 5.74) is 2.61. The first-order valence-electron chi connectivity index (χ1n) is 6.04. The standard InChI is InChI=1S/C15H15BrNO3.Y/c1-10-8-11(20-9-19-3)4-5-12(10)14-7-6-13(16)15(18)17(14)2;/h4-6,8H,9H2,1-3H3;/q-1;. The summed E-state index contributed by atoms with van der Waals surface area (Å²) in [5, 5.41) is 0. The van der Waals surface area contributed by atoms with E-state index in [4.69, 9.17) is 9.47 Å². The molecule has 4 nitrogen and oxygen atoms in total. The van der Waals surface area contributed by atoms with Gasteiger partial charge in [-0.1, -0.05) is 23.7 Å². The Morgan fingerprint density at radius 3 is 2.71 bits per heavy atom. The van der Waals surface area contributed by atoms with Crippen LogP contribution in [0.5, 0.6) is 5.75 Å². The Morgan fingerprint density at radius 2 is 2.10 bits per heavy atom. The molecule has 109 valence electrons. The molecule has 0 fully saturated rings. The Labute approximate surface area is 157 Å². The zero-order valence-corrected chi connectivity index (χ0v) is 16.6. The van der Waals surface area contributed by atoms with E-state index >= 15 is 0 Å². The maximum atomic E-state index is 11.9. The van der Waals surface area contributed by atoms with Crippen LogP contribution in [0.1, 0.15) is 5.56 Å². The summed E-state index contributed by atoms with van der Waals surface area (Å²) in [6.07, 6.45) is 0. The molecule has 0 aliphatic rings. The number of hydrogen-bond donors (Lipinski definition) is 0. The normalized spacial score (nSPS) is 10.1. The van der Waals surface area contributed by atoms with E-state index in [1.807, 2.05) is 25.1 Å². The van der Waals surface area contributed by atoms with Crippen LogP contribution in [-0.4, -0.2) is 18.5 Å². The molecular formula is C15H15BrNO3Y-. The largest absolute Gasteiger partial charge is 0.468 e. The summed E-state index contributed by atoms with van der Waals surface area (Å²) in [6.45, 7) is 2.18. The minimum atomic E-state index is -0.0853. The Kier molecular flexibility index (Phi) is 7.27. The van der Waals surface area contributed by atoms with E-state index in [1.54, 1.807) is 24.8 Å². The summed E-state index contributed by atoms with van der Waals surface area (Å²) in [6, 6.07) is 10.4. The number of nitrogens with zero attached hydrogens (tertiary/aromatic N) is 1. The number of rotatable bonds is 4. The monoisotopic (exact) mass is 425 g/mol. The van der Waals surface area contributed by atoms with Gasteiger partial charge in [0, 0.05) is 46.9 Å². The summed E-state index contributed by atoms with van der Waals surface area (Å²) >= 11 is 3.21. The second-order valence-corrected chi connectivity index (χ2v) is 5.23. The van der Waals surface area contributed by atoms with Crippen LogP contribution >= 0.6 is 15.9 Å². The van der Waals surface area contributed by atoms with E-state index in [-0.39, 0.29) is 45.1 Å². The van der Waals surface area contributed by atoms with Gasteiger partial charge in [0.05, 0.1) is 0 Å². The van der Waals surface area contributed by atoms with Gasteiger partial charge in [-0.2, -0.15) is 12.1 Å². The summed E-state index contributed by atoms with van der Waals surface area (Å²) in [7, 11) is 3.31. The third kappa shape index (κ3) is 4.25. The van der Waals surface area contributed by atoms with Crippen molar-refractivity contribution in [2.24, 2.45) is 7.05 Å². The van der Waals surface area contributed by atoms with Crippen LogP contribution in [0.2, 0.25) is 0 Å². The molecule has 21 heavy (non-hydrogen) atoms. The molecule has 0 saturated carbocycles. The minimum absolute atomic E-state index is 0. The Balaban J connectivity index is 0.00000220. The van der Waals surface area contributed by atoms with Crippen molar-refractivity contribution in [2.75, 3.05) is 13.9 Å². The van der Waals surface area contributed by atoms with Crippen LogP contribution < -0.4 is 10.3 Å². The number of aryl methyl sites for hydroxylation is 1. The number of pyridine rings is 1. The molecule has 0 atom stereocenters. The molecule has 0 bridgehead atoms. The molecule has 1 heterocycles. The molecule has 1 aromatic heterocycles. The zero-order chi connectivity index (χ0) is 14.7. The molecule has 0 aliphatic carbocycles. The molecule has 6 heteroatoms. The van der Waals surface area contributed by atoms with Gasteiger partial charge in [-0.3, -0.25) is 4.79 Å². The average molecular weight is 426 g/mol. The van der Waals surface area contributed by atoms with E-state index < -0.39 is 0 Å². The van der Waals surface area contributed by atoms with Crippen molar-refractivity contribution in [1.29, 1.82) is 0 Å². The molecule has 2 aromatic rings. The average Bonchev–Trinajstić information content (AvgIpc) is 2.44. The van der Waals surface area contributed by atoms with Crippen molar-refractivity contribution >= 4 is 15.9 Å². The predicted octanol–water partition coefficient (Wildman–Crippen LogP) is 2.90. The molecule has 1 aromatic carbocycles. The molecule has 0 saturated heterocycles. The van der Waals surface area contributed by atoms with Crippen molar-refractivity contribution in [2.45, 2.75) is 6.92 Å². The molecule has 0 N–H and O–H groups in total. The fourth-order valence-corrected chi connectivity index (χ4v) is 2.31. The van der Waals surface area contributed by atoms with Crippen LogP contribution in [0.25, 0.3) is 11.3 Å². The molecule has 0 aliphatic heterocycles. The topological polar surface area (TPSA) is 40.5 Å². The molecular weight excluding hydrogens is 411 g/mol. The van der Waals surface area contributed by atoms with Gasteiger partial charge >= 0.3 is 0 Å². The fourth-order valence-electron chi connectivity index (χ4n) is 1.93. The molecule has 0 spiro atoms. The third-order valence-corrected chi connectivity index (χ3v) is 3.54. The number of hydrogen-bond acceptors (Lipinski definition) is 3. The smallest absolute Gasteiger partial charge is 0.208 e. The van der Waals surface area contributed by atoms with E-state index in [9.17, 15) is 4.79 Å². The van der Waals surface area contributed by atoms with Crippen LogP contribution in [-0.2, 0) is 44.5 Å². The Bertz CT molecular complexity index is 685. The van der Waals surface area contributed by atoms with Gasteiger partial charge in [-0.15, -0.1) is 22.0 Å². The summed E-state index contributed by atoms with van der Waals surface area (Å²) in [4.78, 5) is 11.9. The number of aromatic nitrogens is 1. The van der Waals surface area contributed by atoms with Gasteiger partial charge in [-0.05, 0) is 16.6 Å². The third-order valence-electron chi connectivity index (χ3n) is 2.98. The van der Waals surface area contributed by atoms with Crippen LogP contribution in [0.4, 0.5) is 0 Å². The van der Waals surface area contributed by atoms with Gasteiger partial charge in [0.2, 0.25) is 5.56 Å². The van der Waals surface area contributed by atoms with E-state index in [0.717, 1.165) is 22.6 Å². The second-order valence-electron chi connectivity index (χ2n) is 4.38.